The molecule has 2 N–H and O–H groups in total. The van der Waals surface area contributed by atoms with Gasteiger partial charge in [-0.25, -0.2) is 4.98 Å². The molecule has 94 valence electrons. The van der Waals surface area contributed by atoms with Gasteiger partial charge in [-0.3, -0.25) is 0 Å². The summed E-state index contributed by atoms with van der Waals surface area (Å²) in [6.45, 7) is 1.57. The Morgan fingerprint density at radius 3 is 2.44 bits per heavy atom. The zero-order valence-electron chi connectivity index (χ0n) is 9.83. The second-order valence-electron chi connectivity index (χ2n) is 2.90. The number of nitrogens with zero attached hydrogens (tertiary/aromatic N) is 1. The van der Waals surface area contributed by atoms with E-state index in [1.807, 2.05) is 0 Å². The van der Waals surface area contributed by atoms with Gasteiger partial charge in [0.1, 0.15) is 0 Å². The number of carbonyl (C=O) groups excluding carboxylic acids is 2. The summed E-state index contributed by atoms with van der Waals surface area (Å²) in [5.41, 5.74) is 0.643. The second kappa shape index (κ2) is 10.6. The molecule has 1 atom stereocenters. The Morgan fingerprint density at radius 2 is 2.17 bits per heavy atom. The van der Waals surface area contributed by atoms with Crippen molar-refractivity contribution in [3.63, 3.8) is 0 Å². The first-order valence-corrected chi connectivity index (χ1v) is 4.73. The number of hydrogen-bond donors (Lipinski definition) is 2. The number of carboxylic acids is 2. The van der Waals surface area contributed by atoms with E-state index >= 15 is 0 Å². The maximum atomic E-state index is 9.86. The third-order valence-electron chi connectivity index (χ3n) is 1.58. The van der Waals surface area contributed by atoms with Gasteiger partial charge in [-0.05, 0) is 18.6 Å². The number of nitrogens with one attached hydrogen (secondary N) is 1. The van der Waals surface area contributed by atoms with Gasteiger partial charge in [0.2, 0.25) is 0 Å². The molecule has 0 aliphatic heterocycles. The molecule has 0 fully saturated rings. The zero-order chi connectivity index (χ0) is 13.3. The number of carbonyl (C=O) groups is 2. The van der Waals surface area contributed by atoms with Crippen LogP contribution in [0.25, 0.3) is 6.08 Å². The number of aliphatic carboxylic acids is 2. The minimum atomic E-state index is -1.40. The molecule has 1 aromatic rings. The maximum absolute atomic E-state index is 9.86. The fourth-order valence-corrected chi connectivity index (χ4v) is 0.682. The molecule has 7 nitrogen and oxygen atoms in total. The van der Waals surface area contributed by atoms with Gasteiger partial charge in [0.15, 0.2) is 0 Å². The van der Waals surface area contributed by atoms with E-state index in [9.17, 15) is 19.8 Å². The van der Waals surface area contributed by atoms with Crippen molar-refractivity contribution in [2.24, 2.45) is 0 Å². The monoisotopic (exact) mass is 304 g/mol. The van der Waals surface area contributed by atoms with E-state index in [1.54, 1.807) is 6.92 Å². The molecule has 0 amide bonds. The van der Waals surface area contributed by atoms with E-state index < -0.39 is 18.0 Å². The van der Waals surface area contributed by atoms with Crippen LogP contribution in [0.5, 0.6) is 0 Å². The number of aliphatic hydroxyl groups excluding tert-OH is 1. The van der Waals surface area contributed by atoms with E-state index in [0.717, 1.165) is 6.08 Å². The summed E-state index contributed by atoms with van der Waals surface area (Å²) < 4.78 is 0. The molecule has 0 aliphatic rings. The van der Waals surface area contributed by atoms with Gasteiger partial charge in [-0.1, -0.05) is 6.92 Å². The molecule has 1 heterocycles. The molecule has 0 aromatic carbocycles. The topological polar surface area (TPSA) is 129 Å². The summed E-state index contributed by atoms with van der Waals surface area (Å²) in [6, 6.07) is 0. The molecule has 0 aliphatic carbocycles. The van der Waals surface area contributed by atoms with Crippen molar-refractivity contribution in [1.29, 1.82) is 0 Å². The smallest absolute Gasteiger partial charge is 0.547 e. The Hall–Kier alpha value is -1.53. The van der Waals surface area contributed by atoms with Gasteiger partial charge in [0.05, 0.1) is 36.3 Å². The molecular formula is C10H12N2O5Zn. The Kier molecular flexibility index (Phi) is 11.1. The third kappa shape index (κ3) is 9.68. The predicted molar refractivity (Wildman–Crippen MR) is 53.9 cm³/mol. The van der Waals surface area contributed by atoms with Crippen molar-refractivity contribution < 1.29 is 44.4 Å². The largest absolute Gasteiger partial charge is 2.00 e. The molecule has 18 heavy (non-hydrogen) atoms. The van der Waals surface area contributed by atoms with Gasteiger partial charge in [0.25, 0.3) is 0 Å². The first-order valence-electron chi connectivity index (χ1n) is 4.73. The standard InChI is InChI=1S/C6H6N2O2.C4H8O3.Zn/c9-6(10)2-1-5-3-7-4-8-5;1-2-3(5)4(6)7;/h1-4H,(H,7,8)(H,9,10);3,5H,2H2,1H3,(H,6,7);/q;;+2/p-2. The van der Waals surface area contributed by atoms with Crippen LogP contribution in [0, 0.1) is 0 Å². The number of imidazole rings is 1. The molecule has 1 unspecified atom stereocenters. The van der Waals surface area contributed by atoms with E-state index in [1.165, 1.54) is 18.6 Å². The normalized spacial score (nSPS) is 11.0. The second-order valence-corrected chi connectivity index (χ2v) is 2.90. The van der Waals surface area contributed by atoms with E-state index in [2.05, 4.69) is 9.97 Å². The number of hydrogen-bond acceptors (Lipinski definition) is 6. The summed E-state index contributed by atoms with van der Waals surface area (Å²) in [5.74, 6) is -2.61. The van der Waals surface area contributed by atoms with Crippen LogP contribution >= 0.6 is 0 Å². The van der Waals surface area contributed by atoms with E-state index in [4.69, 9.17) is 5.11 Å². The van der Waals surface area contributed by atoms with Gasteiger partial charge < -0.3 is 29.9 Å². The van der Waals surface area contributed by atoms with Crippen molar-refractivity contribution in [2.75, 3.05) is 0 Å². The SMILES string of the molecule is CCC(O)C(=O)[O-].O=C([O-])C=Cc1cnc[nH]1.[Zn+2]. The Morgan fingerprint density at radius 1 is 1.56 bits per heavy atom. The fraction of sp³-hybridized carbons (Fsp3) is 0.300. The Balaban J connectivity index is 0. The van der Waals surface area contributed by atoms with Gasteiger partial charge in [-0.2, -0.15) is 0 Å². The van der Waals surface area contributed by atoms with Gasteiger partial charge in [0, 0.05) is 0 Å². The summed E-state index contributed by atoms with van der Waals surface area (Å²) in [5, 5.41) is 27.7. The van der Waals surface area contributed by atoms with E-state index in [-0.39, 0.29) is 25.9 Å². The summed E-state index contributed by atoms with van der Waals surface area (Å²) in [6.07, 6.45) is 4.21. The molecule has 0 saturated heterocycles. The maximum Gasteiger partial charge on any atom is 2.00 e. The van der Waals surface area contributed by atoms with Crippen LogP contribution in [-0.2, 0) is 29.1 Å². The molecule has 0 saturated carbocycles. The Labute approximate surface area is 116 Å². The van der Waals surface area contributed by atoms with Crippen LogP contribution in [0.4, 0.5) is 0 Å². The molecule has 0 bridgehead atoms. The quantitative estimate of drug-likeness (QED) is 0.474. The van der Waals surface area contributed by atoms with Gasteiger partial charge >= 0.3 is 19.5 Å². The number of carboxylic acid groups (broad SMARTS) is 2. The average Bonchev–Trinajstić information content (AvgIpc) is 2.78. The molecular weight excluding hydrogens is 294 g/mol. The number of aromatic amines is 1. The average molecular weight is 306 g/mol. The Bertz CT molecular complexity index is 378. The summed E-state index contributed by atoms with van der Waals surface area (Å²) >= 11 is 0. The number of aliphatic hydroxyl groups is 1. The van der Waals surface area contributed by atoms with Crippen LogP contribution in [0.3, 0.4) is 0 Å². The van der Waals surface area contributed by atoms with Crippen molar-refractivity contribution in [1.82, 2.24) is 9.97 Å². The van der Waals surface area contributed by atoms with Crippen LogP contribution in [0.1, 0.15) is 19.0 Å². The molecule has 8 heteroatoms. The number of aromatic nitrogens is 2. The summed E-state index contributed by atoms with van der Waals surface area (Å²) in [7, 11) is 0. The first kappa shape index (κ1) is 18.8. The van der Waals surface area contributed by atoms with Crippen molar-refractivity contribution in [3.05, 3.63) is 24.3 Å². The van der Waals surface area contributed by atoms with Crippen molar-refractivity contribution in [3.8, 4) is 0 Å². The minimum absolute atomic E-state index is 0. The minimum Gasteiger partial charge on any atom is -0.547 e. The third-order valence-corrected chi connectivity index (χ3v) is 1.58. The fourth-order valence-electron chi connectivity index (χ4n) is 0.682. The molecule has 0 spiro atoms. The van der Waals surface area contributed by atoms with Crippen LogP contribution in [0.15, 0.2) is 18.6 Å². The van der Waals surface area contributed by atoms with Crippen molar-refractivity contribution in [2.45, 2.75) is 19.4 Å². The predicted octanol–water partition coefficient (Wildman–Crippen LogP) is -2.32. The number of rotatable bonds is 4. The summed E-state index contributed by atoms with van der Waals surface area (Å²) in [4.78, 5) is 25.8. The van der Waals surface area contributed by atoms with Crippen LogP contribution in [-0.4, -0.2) is 33.1 Å². The molecule has 1 aromatic heterocycles. The molecule has 0 radical (unpaired) electrons. The van der Waals surface area contributed by atoms with E-state index in [0.29, 0.717) is 5.69 Å². The van der Waals surface area contributed by atoms with Gasteiger partial charge in [-0.15, -0.1) is 0 Å². The zero-order valence-corrected chi connectivity index (χ0v) is 12.8. The number of H-pyrrole nitrogens is 1. The van der Waals surface area contributed by atoms with Crippen LogP contribution in [0.2, 0.25) is 0 Å². The first-order chi connectivity index (χ1) is 7.97. The van der Waals surface area contributed by atoms with Crippen molar-refractivity contribution >= 4 is 18.0 Å². The molecule has 1 rings (SSSR count). The van der Waals surface area contributed by atoms with Crippen LogP contribution < -0.4 is 10.2 Å².